The molecule has 1 aliphatic rings. The highest BCUT2D eigenvalue weighted by Gasteiger charge is 2.14. The summed E-state index contributed by atoms with van der Waals surface area (Å²) >= 11 is 1.80. The van der Waals surface area contributed by atoms with Gasteiger partial charge in [-0.3, -0.25) is 0 Å². The van der Waals surface area contributed by atoms with Gasteiger partial charge in [0, 0.05) is 18.0 Å². The van der Waals surface area contributed by atoms with Crippen molar-refractivity contribution < 1.29 is 4.74 Å². The summed E-state index contributed by atoms with van der Waals surface area (Å²) in [5.41, 5.74) is 1.66. The Kier molecular flexibility index (Phi) is 4.06. The van der Waals surface area contributed by atoms with Gasteiger partial charge in [-0.25, -0.2) is 0 Å². The molecule has 0 spiro atoms. The van der Waals surface area contributed by atoms with E-state index in [4.69, 9.17) is 4.74 Å². The first-order valence-electron chi connectivity index (χ1n) is 5.46. The number of benzene rings is 1. The minimum atomic E-state index is 0.270. The minimum Gasteiger partial charge on any atom is -0.365 e. The zero-order valence-corrected chi connectivity index (χ0v) is 9.85. The molecule has 3 heteroatoms. The van der Waals surface area contributed by atoms with Crippen LogP contribution in [0.3, 0.4) is 0 Å². The Morgan fingerprint density at radius 3 is 2.80 bits per heavy atom. The third-order valence-electron chi connectivity index (χ3n) is 2.49. The maximum Gasteiger partial charge on any atom is 0.120 e. The molecule has 1 atom stereocenters. The van der Waals surface area contributed by atoms with Crippen LogP contribution in [0.2, 0.25) is 0 Å². The largest absolute Gasteiger partial charge is 0.365 e. The Labute approximate surface area is 95.4 Å². The van der Waals surface area contributed by atoms with Crippen LogP contribution in [0.25, 0.3) is 0 Å². The van der Waals surface area contributed by atoms with E-state index in [0.29, 0.717) is 0 Å². The van der Waals surface area contributed by atoms with Gasteiger partial charge in [-0.05, 0) is 24.1 Å². The molecule has 1 heterocycles. The van der Waals surface area contributed by atoms with Crippen molar-refractivity contribution in [1.29, 1.82) is 0 Å². The molecule has 1 aromatic carbocycles. The quantitative estimate of drug-likeness (QED) is 0.849. The van der Waals surface area contributed by atoms with Crippen LogP contribution in [0.15, 0.2) is 29.2 Å². The lowest BCUT2D eigenvalue weighted by Crippen LogP contribution is -2.36. The normalized spacial score (nSPS) is 21.5. The molecule has 1 aromatic rings. The van der Waals surface area contributed by atoms with Crippen LogP contribution in [0, 0.1) is 0 Å². The van der Waals surface area contributed by atoms with Gasteiger partial charge in [0.15, 0.2) is 0 Å². The number of hydrogen-bond acceptors (Lipinski definition) is 3. The van der Waals surface area contributed by atoms with E-state index in [1.165, 1.54) is 10.5 Å². The van der Waals surface area contributed by atoms with Crippen molar-refractivity contribution >= 4 is 11.8 Å². The third-order valence-corrected chi connectivity index (χ3v) is 3.60. The Morgan fingerprint density at radius 2 is 2.20 bits per heavy atom. The lowest BCUT2D eigenvalue weighted by Gasteiger charge is -2.22. The van der Waals surface area contributed by atoms with Crippen LogP contribution in [-0.4, -0.2) is 25.1 Å². The summed E-state index contributed by atoms with van der Waals surface area (Å²) in [5, 5.41) is 3.33. The van der Waals surface area contributed by atoms with E-state index in [1.54, 1.807) is 11.8 Å². The predicted octanol–water partition coefficient (Wildman–Crippen LogP) is 2.29. The standard InChI is InChI=1S/C12H17NOS/c1-2-10-3-5-11(6-4-10)15-12-9-13-7-8-14-12/h3-6,12-13H,2,7-9H2,1H3. The van der Waals surface area contributed by atoms with Gasteiger partial charge < -0.3 is 10.1 Å². The summed E-state index contributed by atoms with van der Waals surface area (Å²) < 4.78 is 5.64. The highest BCUT2D eigenvalue weighted by molar-refractivity contribution is 7.99. The maximum absolute atomic E-state index is 5.64. The highest BCUT2D eigenvalue weighted by Crippen LogP contribution is 2.25. The molecule has 2 nitrogen and oxygen atoms in total. The van der Waals surface area contributed by atoms with Crippen LogP contribution in [0.1, 0.15) is 12.5 Å². The van der Waals surface area contributed by atoms with Crippen LogP contribution >= 0.6 is 11.8 Å². The lowest BCUT2D eigenvalue weighted by molar-refractivity contribution is 0.0853. The number of morpholine rings is 1. The summed E-state index contributed by atoms with van der Waals surface area (Å²) in [6.07, 6.45) is 1.10. The number of rotatable bonds is 3. The summed E-state index contributed by atoms with van der Waals surface area (Å²) in [6, 6.07) is 8.75. The van der Waals surface area contributed by atoms with E-state index in [-0.39, 0.29) is 5.44 Å². The summed E-state index contributed by atoms with van der Waals surface area (Å²) in [7, 11) is 0. The van der Waals surface area contributed by atoms with Gasteiger partial charge in [0.1, 0.15) is 5.44 Å². The molecule has 82 valence electrons. The van der Waals surface area contributed by atoms with E-state index < -0.39 is 0 Å². The van der Waals surface area contributed by atoms with Crippen molar-refractivity contribution in [2.24, 2.45) is 0 Å². The molecule has 1 unspecified atom stereocenters. The molecule has 0 aliphatic carbocycles. The average molecular weight is 223 g/mol. The maximum atomic E-state index is 5.64. The number of hydrogen-bond donors (Lipinski definition) is 1. The van der Waals surface area contributed by atoms with E-state index in [1.807, 2.05) is 0 Å². The van der Waals surface area contributed by atoms with Gasteiger partial charge in [0.05, 0.1) is 6.61 Å². The summed E-state index contributed by atoms with van der Waals surface area (Å²) in [4.78, 5) is 1.29. The Bertz CT molecular complexity index is 293. The molecule has 0 saturated carbocycles. The number of aryl methyl sites for hydroxylation is 1. The predicted molar refractivity (Wildman–Crippen MR) is 64.3 cm³/mol. The lowest BCUT2D eigenvalue weighted by atomic mass is 10.2. The molecular weight excluding hydrogens is 206 g/mol. The highest BCUT2D eigenvalue weighted by atomic mass is 32.2. The van der Waals surface area contributed by atoms with Gasteiger partial charge in [0.25, 0.3) is 0 Å². The zero-order valence-electron chi connectivity index (χ0n) is 9.03. The molecule has 0 amide bonds. The number of ether oxygens (including phenoxy) is 1. The second kappa shape index (κ2) is 5.54. The van der Waals surface area contributed by atoms with E-state index in [9.17, 15) is 0 Å². The molecule has 1 saturated heterocycles. The van der Waals surface area contributed by atoms with E-state index in [2.05, 4.69) is 36.5 Å². The van der Waals surface area contributed by atoms with Gasteiger partial charge in [-0.2, -0.15) is 0 Å². The van der Waals surface area contributed by atoms with Gasteiger partial charge >= 0.3 is 0 Å². The monoisotopic (exact) mass is 223 g/mol. The second-order valence-electron chi connectivity index (χ2n) is 3.62. The molecule has 0 radical (unpaired) electrons. The summed E-state index contributed by atoms with van der Waals surface area (Å²) in [6.45, 7) is 4.92. The van der Waals surface area contributed by atoms with Gasteiger partial charge in [-0.1, -0.05) is 30.8 Å². The molecule has 0 aromatic heterocycles. The Balaban J connectivity index is 1.91. The van der Waals surface area contributed by atoms with Crippen LogP contribution in [-0.2, 0) is 11.2 Å². The molecule has 1 aliphatic heterocycles. The molecule has 15 heavy (non-hydrogen) atoms. The first kappa shape index (κ1) is 11.0. The molecule has 0 bridgehead atoms. The van der Waals surface area contributed by atoms with E-state index >= 15 is 0 Å². The summed E-state index contributed by atoms with van der Waals surface area (Å²) in [5.74, 6) is 0. The SMILES string of the molecule is CCc1ccc(SC2CNCCO2)cc1. The smallest absolute Gasteiger partial charge is 0.120 e. The minimum absolute atomic E-state index is 0.270. The third kappa shape index (κ3) is 3.23. The van der Waals surface area contributed by atoms with Crippen molar-refractivity contribution in [2.45, 2.75) is 23.7 Å². The number of nitrogens with one attached hydrogen (secondary N) is 1. The van der Waals surface area contributed by atoms with Crippen molar-refractivity contribution in [1.82, 2.24) is 5.32 Å². The van der Waals surface area contributed by atoms with Gasteiger partial charge in [0.2, 0.25) is 0 Å². The van der Waals surface area contributed by atoms with Crippen molar-refractivity contribution in [3.63, 3.8) is 0 Å². The molecule has 1 N–H and O–H groups in total. The Hall–Kier alpha value is -0.510. The Morgan fingerprint density at radius 1 is 1.40 bits per heavy atom. The molecule has 1 fully saturated rings. The topological polar surface area (TPSA) is 21.3 Å². The van der Waals surface area contributed by atoms with Crippen molar-refractivity contribution in [3.05, 3.63) is 29.8 Å². The van der Waals surface area contributed by atoms with Gasteiger partial charge in [-0.15, -0.1) is 0 Å². The fourth-order valence-corrected chi connectivity index (χ4v) is 2.53. The fourth-order valence-electron chi connectivity index (χ4n) is 1.57. The number of thioether (sulfide) groups is 1. The first-order valence-corrected chi connectivity index (χ1v) is 6.34. The van der Waals surface area contributed by atoms with Crippen LogP contribution in [0.5, 0.6) is 0 Å². The van der Waals surface area contributed by atoms with Crippen LogP contribution < -0.4 is 5.32 Å². The fraction of sp³-hybridized carbons (Fsp3) is 0.500. The zero-order chi connectivity index (χ0) is 10.5. The van der Waals surface area contributed by atoms with Crippen molar-refractivity contribution in [3.8, 4) is 0 Å². The molecule has 2 rings (SSSR count). The first-order chi connectivity index (χ1) is 7.38. The van der Waals surface area contributed by atoms with E-state index in [0.717, 1.165) is 26.1 Å². The van der Waals surface area contributed by atoms with Crippen molar-refractivity contribution in [2.75, 3.05) is 19.7 Å². The average Bonchev–Trinajstić information content (AvgIpc) is 2.31. The molecular formula is C12H17NOS. The van der Waals surface area contributed by atoms with Crippen LogP contribution in [0.4, 0.5) is 0 Å². The second-order valence-corrected chi connectivity index (χ2v) is 4.85.